The van der Waals surface area contributed by atoms with E-state index in [-0.39, 0.29) is 5.56 Å². The zero-order valence-electron chi connectivity index (χ0n) is 7.12. The van der Waals surface area contributed by atoms with Gasteiger partial charge in [-0.1, -0.05) is 29.8 Å². The molecule has 0 radical (unpaired) electrons. The summed E-state index contributed by atoms with van der Waals surface area (Å²) in [6.45, 7) is 0. The van der Waals surface area contributed by atoms with Gasteiger partial charge in [0.25, 0.3) is 5.56 Å². The largest absolute Gasteiger partial charge is 0.311 e. The highest BCUT2D eigenvalue weighted by Gasteiger charge is 2.02. The molecule has 0 aliphatic rings. The van der Waals surface area contributed by atoms with Crippen molar-refractivity contribution in [3.05, 3.63) is 45.7 Å². The number of aromatic nitrogens is 1. The lowest BCUT2D eigenvalue weighted by Gasteiger charge is -2.04. The number of nitrogens with zero attached hydrogens (tertiary/aromatic N) is 1. The molecule has 2 rings (SSSR count). The number of rotatable bonds is 0. The van der Waals surface area contributed by atoms with Gasteiger partial charge in [0.1, 0.15) is 0 Å². The van der Waals surface area contributed by atoms with Crippen molar-refractivity contribution < 1.29 is 0 Å². The highest BCUT2D eigenvalue weighted by Crippen LogP contribution is 2.19. The van der Waals surface area contributed by atoms with Crippen LogP contribution in [-0.4, -0.2) is 4.57 Å². The van der Waals surface area contributed by atoms with Crippen molar-refractivity contribution in [3.63, 3.8) is 0 Å². The first kappa shape index (κ1) is 8.32. The first-order chi connectivity index (χ1) is 6.20. The molecule has 0 aliphatic carbocycles. The van der Waals surface area contributed by atoms with Crippen LogP contribution in [0.3, 0.4) is 0 Å². The Morgan fingerprint density at radius 1 is 1.31 bits per heavy atom. The van der Waals surface area contributed by atoms with Gasteiger partial charge in [-0.25, -0.2) is 0 Å². The quantitative estimate of drug-likeness (QED) is 0.629. The molecule has 0 N–H and O–H groups in total. The van der Waals surface area contributed by atoms with Crippen LogP contribution < -0.4 is 5.56 Å². The van der Waals surface area contributed by atoms with Crippen LogP contribution in [0.1, 0.15) is 0 Å². The second-order valence-corrected chi connectivity index (χ2v) is 3.31. The minimum absolute atomic E-state index is 0.0799. The van der Waals surface area contributed by atoms with Crippen LogP contribution in [0.5, 0.6) is 0 Å². The first-order valence-electron chi connectivity index (χ1n) is 3.94. The molecule has 0 saturated carbocycles. The van der Waals surface area contributed by atoms with Gasteiger partial charge in [0.2, 0.25) is 0 Å². The fourth-order valence-electron chi connectivity index (χ4n) is 1.37. The van der Waals surface area contributed by atoms with Gasteiger partial charge in [-0.05, 0) is 6.07 Å². The average Bonchev–Trinajstić information content (AvgIpc) is 2.15. The fourth-order valence-corrected chi connectivity index (χ4v) is 1.62. The first-order valence-corrected chi connectivity index (χ1v) is 4.32. The molecule has 1 heterocycles. The summed E-state index contributed by atoms with van der Waals surface area (Å²) in [7, 11) is 1.74. The molecule has 3 heteroatoms. The van der Waals surface area contributed by atoms with Crippen LogP contribution in [0, 0.1) is 0 Å². The lowest BCUT2D eigenvalue weighted by molar-refractivity contribution is 0.906. The van der Waals surface area contributed by atoms with Gasteiger partial charge in [0.15, 0.2) is 0 Å². The Morgan fingerprint density at radius 3 is 2.77 bits per heavy atom. The molecule has 1 aromatic carbocycles. The van der Waals surface area contributed by atoms with Crippen molar-refractivity contribution in [1.82, 2.24) is 4.57 Å². The fraction of sp³-hybridized carbons (Fsp3) is 0.100. The summed E-state index contributed by atoms with van der Waals surface area (Å²) in [4.78, 5) is 11.3. The molecule has 0 atom stereocenters. The van der Waals surface area contributed by atoms with Gasteiger partial charge in [-0.2, -0.15) is 0 Å². The molecule has 0 spiro atoms. The van der Waals surface area contributed by atoms with Crippen LogP contribution in [0.2, 0.25) is 5.02 Å². The summed E-state index contributed by atoms with van der Waals surface area (Å²) in [6, 6.07) is 9.00. The van der Waals surface area contributed by atoms with Gasteiger partial charge in [-0.3, -0.25) is 4.79 Å². The van der Waals surface area contributed by atoms with Crippen LogP contribution in [-0.2, 0) is 7.05 Å². The molecule has 0 amide bonds. The summed E-state index contributed by atoms with van der Waals surface area (Å²) >= 11 is 5.92. The molecular formula is C10H8ClNO. The van der Waals surface area contributed by atoms with Gasteiger partial charge in [0, 0.05) is 18.5 Å². The molecule has 0 saturated heterocycles. The number of hydrogen-bond acceptors (Lipinski definition) is 1. The molecule has 2 nitrogen and oxygen atoms in total. The number of pyridine rings is 1. The number of aryl methyl sites for hydroxylation is 1. The van der Waals surface area contributed by atoms with E-state index in [1.165, 1.54) is 6.07 Å². The van der Waals surface area contributed by atoms with E-state index >= 15 is 0 Å². The molecule has 66 valence electrons. The Balaban J connectivity index is 3.06. The van der Waals surface area contributed by atoms with Crippen LogP contribution >= 0.6 is 11.6 Å². The molecule has 0 aliphatic heterocycles. The topological polar surface area (TPSA) is 22.0 Å². The highest BCUT2D eigenvalue weighted by molar-refractivity contribution is 6.35. The minimum Gasteiger partial charge on any atom is -0.311 e. The maximum Gasteiger partial charge on any atom is 0.252 e. The Kier molecular flexibility index (Phi) is 1.85. The number of fused-ring (bicyclic) bond motifs is 1. The zero-order chi connectivity index (χ0) is 9.42. The number of halogens is 1. The van der Waals surface area contributed by atoms with Crippen molar-refractivity contribution >= 4 is 22.5 Å². The molecule has 13 heavy (non-hydrogen) atoms. The SMILES string of the molecule is Cn1c(=O)cc(Cl)c2ccccc21. The molecule has 1 aromatic heterocycles. The van der Waals surface area contributed by atoms with Gasteiger partial charge >= 0.3 is 0 Å². The normalized spacial score (nSPS) is 10.6. The van der Waals surface area contributed by atoms with E-state index in [0.717, 1.165) is 10.9 Å². The minimum atomic E-state index is -0.0799. The Bertz CT molecular complexity index is 516. The van der Waals surface area contributed by atoms with E-state index in [1.807, 2.05) is 24.3 Å². The number of para-hydroxylation sites is 1. The maximum atomic E-state index is 11.3. The summed E-state index contributed by atoms with van der Waals surface area (Å²) in [5.41, 5.74) is 0.781. The summed E-state index contributed by atoms with van der Waals surface area (Å²) < 4.78 is 1.58. The molecular weight excluding hydrogens is 186 g/mol. The predicted octanol–water partition coefficient (Wildman–Crippen LogP) is 2.19. The van der Waals surface area contributed by atoms with Gasteiger partial charge < -0.3 is 4.57 Å². The third-order valence-corrected chi connectivity index (χ3v) is 2.42. The Morgan fingerprint density at radius 2 is 2.00 bits per heavy atom. The second-order valence-electron chi connectivity index (χ2n) is 2.91. The Labute approximate surface area is 80.4 Å². The van der Waals surface area contributed by atoms with E-state index in [9.17, 15) is 4.79 Å². The van der Waals surface area contributed by atoms with Crippen molar-refractivity contribution in [1.29, 1.82) is 0 Å². The standard InChI is InChI=1S/C10H8ClNO/c1-12-9-5-3-2-4-7(9)8(11)6-10(12)13/h2-6H,1H3. The van der Waals surface area contributed by atoms with E-state index in [2.05, 4.69) is 0 Å². The number of benzene rings is 1. The van der Waals surface area contributed by atoms with Crippen molar-refractivity contribution in [2.75, 3.05) is 0 Å². The molecule has 0 fully saturated rings. The smallest absolute Gasteiger partial charge is 0.252 e. The Hall–Kier alpha value is -1.28. The summed E-state index contributed by atoms with van der Waals surface area (Å²) in [6.07, 6.45) is 0. The van der Waals surface area contributed by atoms with Crippen molar-refractivity contribution in [2.45, 2.75) is 0 Å². The zero-order valence-corrected chi connectivity index (χ0v) is 7.88. The number of hydrogen-bond donors (Lipinski definition) is 0. The highest BCUT2D eigenvalue weighted by atomic mass is 35.5. The molecule has 0 unspecified atom stereocenters. The lowest BCUT2D eigenvalue weighted by atomic mass is 10.2. The van der Waals surface area contributed by atoms with E-state index < -0.39 is 0 Å². The van der Waals surface area contributed by atoms with Crippen LogP contribution in [0.15, 0.2) is 35.1 Å². The van der Waals surface area contributed by atoms with E-state index in [1.54, 1.807) is 11.6 Å². The van der Waals surface area contributed by atoms with E-state index in [0.29, 0.717) is 5.02 Å². The monoisotopic (exact) mass is 193 g/mol. The average molecular weight is 194 g/mol. The van der Waals surface area contributed by atoms with Crippen molar-refractivity contribution in [2.24, 2.45) is 7.05 Å². The third-order valence-electron chi connectivity index (χ3n) is 2.10. The molecule has 2 aromatic rings. The second kappa shape index (κ2) is 2.89. The van der Waals surface area contributed by atoms with Crippen LogP contribution in [0.25, 0.3) is 10.9 Å². The summed E-state index contributed by atoms with van der Waals surface area (Å²) in [5, 5.41) is 1.42. The molecule has 0 bridgehead atoms. The van der Waals surface area contributed by atoms with Gasteiger partial charge in [-0.15, -0.1) is 0 Å². The summed E-state index contributed by atoms with van der Waals surface area (Å²) in [5.74, 6) is 0. The van der Waals surface area contributed by atoms with Crippen molar-refractivity contribution in [3.8, 4) is 0 Å². The van der Waals surface area contributed by atoms with Crippen LogP contribution in [0.4, 0.5) is 0 Å². The predicted molar refractivity (Wildman–Crippen MR) is 54.2 cm³/mol. The van der Waals surface area contributed by atoms with E-state index in [4.69, 9.17) is 11.6 Å². The maximum absolute atomic E-state index is 11.3. The third kappa shape index (κ3) is 1.23. The van der Waals surface area contributed by atoms with Gasteiger partial charge in [0.05, 0.1) is 10.5 Å². The lowest BCUT2D eigenvalue weighted by Crippen LogP contribution is -2.15.